The largest absolute Gasteiger partial charge is 0.480 e. The first-order valence-electron chi connectivity index (χ1n) is 8.49. The lowest BCUT2D eigenvalue weighted by Crippen LogP contribution is -2.40. The van der Waals surface area contributed by atoms with Crippen molar-refractivity contribution in [3.05, 3.63) is 0 Å². The molecule has 2 N–H and O–H groups in total. The number of carbonyl (C=O) groups excluding carboxylic acids is 3. The molecule has 134 valence electrons. The number of carboxylic acid groups (broad SMARTS) is 1. The molecule has 2 rings (SSSR count). The second-order valence-corrected chi connectivity index (χ2v) is 6.23. The first-order valence-corrected chi connectivity index (χ1v) is 8.49. The van der Waals surface area contributed by atoms with Crippen LogP contribution in [0.4, 0.5) is 0 Å². The Bertz CT molecular complexity index is 501. The van der Waals surface area contributed by atoms with E-state index in [1.807, 2.05) is 0 Å². The van der Waals surface area contributed by atoms with Crippen LogP contribution in [0.1, 0.15) is 51.4 Å². The molecule has 2 unspecified atom stereocenters. The fourth-order valence-corrected chi connectivity index (χ4v) is 3.13. The highest BCUT2D eigenvalue weighted by Gasteiger charge is 2.33. The zero-order valence-electron chi connectivity index (χ0n) is 13.7. The highest BCUT2D eigenvalue weighted by Crippen LogP contribution is 2.19. The Morgan fingerprint density at radius 1 is 1.08 bits per heavy atom. The molecule has 2 atom stereocenters. The van der Waals surface area contributed by atoms with Gasteiger partial charge in [0.25, 0.3) is 0 Å². The molecule has 2 saturated heterocycles. The molecule has 0 aromatic rings. The summed E-state index contributed by atoms with van der Waals surface area (Å²) >= 11 is 0. The van der Waals surface area contributed by atoms with Crippen molar-refractivity contribution in [1.29, 1.82) is 0 Å². The number of aliphatic carboxylic acids is 1. The van der Waals surface area contributed by atoms with Crippen molar-refractivity contribution in [1.82, 2.24) is 10.2 Å². The van der Waals surface area contributed by atoms with Crippen molar-refractivity contribution in [2.45, 2.75) is 63.5 Å². The van der Waals surface area contributed by atoms with Crippen LogP contribution in [0, 0.1) is 0 Å². The Morgan fingerprint density at radius 3 is 2.50 bits per heavy atom. The zero-order chi connectivity index (χ0) is 17.5. The van der Waals surface area contributed by atoms with Crippen LogP contribution in [0.15, 0.2) is 0 Å². The Balaban J connectivity index is 1.61. The summed E-state index contributed by atoms with van der Waals surface area (Å²) in [5, 5.41) is 12.0. The van der Waals surface area contributed by atoms with Crippen molar-refractivity contribution >= 4 is 23.8 Å². The van der Waals surface area contributed by atoms with Gasteiger partial charge in [-0.3, -0.25) is 9.59 Å². The third-order valence-corrected chi connectivity index (χ3v) is 4.44. The number of unbranched alkanes of at least 4 members (excludes halogenated alkanes) is 1. The average molecular weight is 340 g/mol. The van der Waals surface area contributed by atoms with Gasteiger partial charge in [0.2, 0.25) is 5.91 Å². The molecule has 0 radical (unpaired) electrons. The molecular weight excluding hydrogens is 316 g/mol. The van der Waals surface area contributed by atoms with E-state index < -0.39 is 30.0 Å². The van der Waals surface area contributed by atoms with E-state index in [2.05, 4.69) is 5.32 Å². The van der Waals surface area contributed by atoms with E-state index in [0.717, 1.165) is 13.0 Å². The third-order valence-electron chi connectivity index (χ3n) is 4.44. The molecule has 0 aromatic carbocycles. The molecule has 0 aliphatic carbocycles. The van der Waals surface area contributed by atoms with Crippen molar-refractivity contribution < 1.29 is 29.0 Å². The van der Waals surface area contributed by atoms with Crippen LogP contribution < -0.4 is 5.32 Å². The monoisotopic (exact) mass is 340 g/mol. The number of amides is 1. The molecule has 0 saturated carbocycles. The fraction of sp³-hybridized carbons (Fsp3) is 0.750. The smallest absolute Gasteiger partial charge is 0.330 e. The number of hydrogen-bond donors (Lipinski definition) is 2. The molecule has 0 bridgehead atoms. The summed E-state index contributed by atoms with van der Waals surface area (Å²) in [5.41, 5.74) is 0. The predicted molar refractivity (Wildman–Crippen MR) is 83.0 cm³/mol. The van der Waals surface area contributed by atoms with Crippen LogP contribution in [0.3, 0.4) is 0 Å². The minimum Gasteiger partial charge on any atom is -0.480 e. The molecule has 0 aromatic heterocycles. The molecule has 8 nitrogen and oxygen atoms in total. The van der Waals surface area contributed by atoms with Gasteiger partial charge in [-0.1, -0.05) is 0 Å². The maximum atomic E-state index is 12.0. The topological polar surface area (TPSA) is 113 Å². The summed E-state index contributed by atoms with van der Waals surface area (Å²) in [7, 11) is 0. The van der Waals surface area contributed by atoms with Crippen LogP contribution in [0.5, 0.6) is 0 Å². The van der Waals surface area contributed by atoms with Crippen LogP contribution in [-0.4, -0.2) is 59.0 Å². The summed E-state index contributed by atoms with van der Waals surface area (Å²) in [6.45, 7) is 1.23. The molecule has 8 heteroatoms. The minimum atomic E-state index is -0.969. The molecule has 1 amide bonds. The van der Waals surface area contributed by atoms with Crippen molar-refractivity contribution in [3.8, 4) is 0 Å². The number of ether oxygens (including phenoxy) is 1. The lowest BCUT2D eigenvalue weighted by molar-refractivity contribution is -0.161. The van der Waals surface area contributed by atoms with E-state index in [0.29, 0.717) is 38.6 Å². The van der Waals surface area contributed by atoms with E-state index in [4.69, 9.17) is 9.84 Å². The fourth-order valence-electron chi connectivity index (χ4n) is 3.13. The van der Waals surface area contributed by atoms with Gasteiger partial charge in [0, 0.05) is 19.4 Å². The Labute approximate surface area is 140 Å². The summed E-state index contributed by atoms with van der Waals surface area (Å²) in [5.74, 6) is -2.27. The van der Waals surface area contributed by atoms with Gasteiger partial charge in [-0.25, -0.2) is 9.59 Å². The van der Waals surface area contributed by atoms with Gasteiger partial charge in [0.1, 0.15) is 12.1 Å². The Kier molecular flexibility index (Phi) is 6.72. The molecule has 24 heavy (non-hydrogen) atoms. The van der Waals surface area contributed by atoms with Gasteiger partial charge in [0.15, 0.2) is 0 Å². The molecule has 2 aliphatic rings. The van der Waals surface area contributed by atoms with Crippen LogP contribution in [0.25, 0.3) is 0 Å². The van der Waals surface area contributed by atoms with Gasteiger partial charge < -0.3 is 20.1 Å². The number of carboxylic acids is 1. The highest BCUT2D eigenvalue weighted by atomic mass is 16.6. The summed E-state index contributed by atoms with van der Waals surface area (Å²) in [6, 6.07) is -1.11. The number of carbonyl (C=O) groups is 4. The molecule has 2 aliphatic heterocycles. The summed E-state index contributed by atoms with van der Waals surface area (Å²) < 4.78 is 4.78. The lowest BCUT2D eigenvalue weighted by Gasteiger charge is -2.21. The van der Waals surface area contributed by atoms with Crippen LogP contribution in [-0.2, 0) is 23.9 Å². The quantitative estimate of drug-likeness (QED) is 0.393. The number of rotatable bonds is 7. The molecule has 2 fully saturated rings. The van der Waals surface area contributed by atoms with E-state index in [1.165, 1.54) is 4.90 Å². The van der Waals surface area contributed by atoms with Gasteiger partial charge >= 0.3 is 17.9 Å². The SMILES string of the molecule is O=C(CCCCC(=O)N1CCCC1C(=O)O)OC(=O)C1CCCN1. The van der Waals surface area contributed by atoms with Crippen molar-refractivity contribution in [2.24, 2.45) is 0 Å². The van der Waals surface area contributed by atoms with Crippen molar-refractivity contribution in [3.63, 3.8) is 0 Å². The van der Waals surface area contributed by atoms with Crippen LogP contribution in [0.2, 0.25) is 0 Å². The number of nitrogens with one attached hydrogen (secondary N) is 1. The third kappa shape index (κ3) is 5.02. The number of esters is 2. The standard InChI is InChI=1S/C16H24N2O6/c19-13(18-10-4-6-12(18)15(21)22)7-1-2-8-14(20)24-16(23)11-5-3-9-17-11/h11-12,17H,1-10H2,(H,21,22). The van der Waals surface area contributed by atoms with E-state index in [-0.39, 0.29) is 18.7 Å². The highest BCUT2D eigenvalue weighted by molar-refractivity contribution is 5.88. The first kappa shape index (κ1) is 18.4. The lowest BCUT2D eigenvalue weighted by atomic mass is 10.1. The van der Waals surface area contributed by atoms with Gasteiger partial charge in [-0.15, -0.1) is 0 Å². The second-order valence-electron chi connectivity index (χ2n) is 6.23. The van der Waals surface area contributed by atoms with E-state index >= 15 is 0 Å². The maximum Gasteiger partial charge on any atom is 0.330 e. The zero-order valence-corrected chi connectivity index (χ0v) is 13.7. The summed E-state index contributed by atoms with van der Waals surface area (Å²) in [6.07, 6.45) is 3.94. The number of nitrogens with zero attached hydrogens (tertiary/aromatic N) is 1. The van der Waals surface area contributed by atoms with Gasteiger partial charge in [-0.2, -0.15) is 0 Å². The van der Waals surface area contributed by atoms with E-state index in [9.17, 15) is 19.2 Å². The average Bonchev–Trinajstić information content (AvgIpc) is 3.21. The maximum absolute atomic E-state index is 12.0. The van der Waals surface area contributed by atoms with E-state index in [1.54, 1.807) is 0 Å². The second kappa shape index (κ2) is 8.77. The molecule has 2 heterocycles. The summed E-state index contributed by atoms with van der Waals surface area (Å²) in [4.78, 5) is 47.8. The first-order chi connectivity index (χ1) is 11.5. The predicted octanol–water partition coefficient (Wildman–Crippen LogP) is 0.444. The Hall–Kier alpha value is -1.96. The molecular formula is C16H24N2O6. The molecule has 0 spiro atoms. The Morgan fingerprint density at radius 2 is 1.83 bits per heavy atom. The minimum absolute atomic E-state index is 0.0775. The number of likely N-dealkylation sites (tertiary alicyclic amines) is 1. The van der Waals surface area contributed by atoms with Gasteiger partial charge in [0.05, 0.1) is 0 Å². The van der Waals surface area contributed by atoms with Crippen LogP contribution >= 0.6 is 0 Å². The normalized spacial score (nSPS) is 23.2. The van der Waals surface area contributed by atoms with Gasteiger partial charge in [-0.05, 0) is 45.1 Å². The van der Waals surface area contributed by atoms with Crippen molar-refractivity contribution in [2.75, 3.05) is 13.1 Å². The number of hydrogen-bond acceptors (Lipinski definition) is 6.